The molecule has 0 spiro atoms. The number of nitrogens with zero attached hydrogens (tertiary/aromatic N) is 1. The van der Waals surface area contributed by atoms with Crippen molar-refractivity contribution in [3.8, 4) is 0 Å². The van der Waals surface area contributed by atoms with E-state index in [1.165, 1.54) is 11.1 Å². The van der Waals surface area contributed by atoms with Gasteiger partial charge in [-0.05, 0) is 30.5 Å². The summed E-state index contributed by atoms with van der Waals surface area (Å²) in [5.41, 5.74) is 8.89. The SMILES string of the molecule is CC(C)N1Cc2ccc(C(CN)C(=O)O)cc2C1. The van der Waals surface area contributed by atoms with Crippen molar-refractivity contribution in [2.45, 2.75) is 38.9 Å². The first-order chi connectivity index (χ1) is 8.52. The Bertz CT molecular complexity index is 457. The molecule has 1 aliphatic heterocycles. The standard InChI is InChI=1S/C14H20N2O2/c1-9(2)16-7-11-4-3-10(5-12(11)8-16)13(6-15)14(17)18/h3-5,9,13H,6-8,15H2,1-2H3,(H,17,18). The third kappa shape index (κ3) is 2.40. The largest absolute Gasteiger partial charge is 0.481 e. The summed E-state index contributed by atoms with van der Waals surface area (Å²) in [6, 6.07) is 6.45. The zero-order valence-electron chi connectivity index (χ0n) is 10.9. The maximum absolute atomic E-state index is 11.1. The Morgan fingerprint density at radius 3 is 2.61 bits per heavy atom. The first-order valence-electron chi connectivity index (χ1n) is 6.31. The molecule has 0 aromatic heterocycles. The first-order valence-corrected chi connectivity index (χ1v) is 6.31. The molecule has 0 amide bonds. The highest BCUT2D eigenvalue weighted by Crippen LogP contribution is 2.27. The molecule has 18 heavy (non-hydrogen) atoms. The van der Waals surface area contributed by atoms with E-state index in [9.17, 15) is 4.79 Å². The molecule has 0 radical (unpaired) electrons. The molecular formula is C14H20N2O2. The van der Waals surface area contributed by atoms with Crippen LogP contribution in [0.3, 0.4) is 0 Å². The Hall–Kier alpha value is -1.39. The Kier molecular flexibility index (Phi) is 3.68. The van der Waals surface area contributed by atoms with E-state index in [1.54, 1.807) is 0 Å². The van der Waals surface area contributed by atoms with Gasteiger partial charge in [0.25, 0.3) is 0 Å². The van der Waals surface area contributed by atoms with E-state index in [0.29, 0.717) is 6.04 Å². The predicted octanol–water partition coefficient (Wildman–Crippen LogP) is 1.54. The fraction of sp³-hybridized carbons (Fsp3) is 0.500. The van der Waals surface area contributed by atoms with Crippen LogP contribution in [0.15, 0.2) is 18.2 Å². The third-order valence-electron chi connectivity index (χ3n) is 3.64. The van der Waals surface area contributed by atoms with Gasteiger partial charge in [-0.3, -0.25) is 9.69 Å². The van der Waals surface area contributed by atoms with Crippen LogP contribution >= 0.6 is 0 Å². The van der Waals surface area contributed by atoms with Crippen molar-refractivity contribution >= 4 is 5.97 Å². The minimum atomic E-state index is -0.851. The topological polar surface area (TPSA) is 66.6 Å². The van der Waals surface area contributed by atoms with Gasteiger partial charge in [-0.25, -0.2) is 0 Å². The van der Waals surface area contributed by atoms with Crippen LogP contribution in [-0.2, 0) is 17.9 Å². The summed E-state index contributed by atoms with van der Waals surface area (Å²) in [4.78, 5) is 13.5. The smallest absolute Gasteiger partial charge is 0.312 e. The van der Waals surface area contributed by atoms with Gasteiger partial charge in [0.15, 0.2) is 0 Å². The average molecular weight is 248 g/mol. The fourth-order valence-corrected chi connectivity index (χ4v) is 2.40. The molecule has 98 valence electrons. The highest BCUT2D eigenvalue weighted by molar-refractivity contribution is 5.76. The number of hydrogen-bond donors (Lipinski definition) is 2. The summed E-state index contributed by atoms with van der Waals surface area (Å²) < 4.78 is 0. The molecule has 4 heteroatoms. The van der Waals surface area contributed by atoms with E-state index in [1.807, 2.05) is 18.2 Å². The molecule has 1 heterocycles. The minimum Gasteiger partial charge on any atom is -0.481 e. The Balaban J connectivity index is 2.25. The second-order valence-electron chi connectivity index (χ2n) is 5.15. The van der Waals surface area contributed by atoms with Crippen LogP contribution in [0.5, 0.6) is 0 Å². The quantitative estimate of drug-likeness (QED) is 0.848. The lowest BCUT2D eigenvalue weighted by molar-refractivity contribution is -0.138. The number of rotatable bonds is 4. The van der Waals surface area contributed by atoms with Gasteiger partial charge in [-0.15, -0.1) is 0 Å². The van der Waals surface area contributed by atoms with Gasteiger partial charge in [0.1, 0.15) is 0 Å². The van der Waals surface area contributed by atoms with Crippen LogP contribution in [0.4, 0.5) is 0 Å². The lowest BCUT2D eigenvalue weighted by Gasteiger charge is -2.18. The zero-order chi connectivity index (χ0) is 13.3. The van der Waals surface area contributed by atoms with Crippen LogP contribution in [0.25, 0.3) is 0 Å². The normalized spacial score (nSPS) is 16.9. The number of nitrogens with two attached hydrogens (primary N) is 1. The monoisotopic (exact) mass is 248 g/mol. The van der Waals surface area contributed by atoms with Crippen molar-refractivity contribution in [2.24, 2.45) is 5.73 Å². The molecule has 0 fully saturated rings. The van der Waals surface area contributed by atoms with Crippen molar-refractivity contribution in [3.63, 3.8) is 0 Å². The summed E-state index contributed by atoms with van der Waals surface area (Å²) in [6.45, 7) is 6.34. The number of carbonyl (C=O) groups is 1. The number of fused-ring (bicyclic) bond motifs is 1. The molecule has 0 bridgehead atoms. The average Bonchev–Trinajstić information content (AvgIpc) is 2.72. The van der Waals surface area contributed by atoms with Crippen LogP contribution in [-0.4, -0.2) is 28.6 Å². The highest BCUT2D eigenvalue weighted by Gasteiger charge is 2.24. The second-order valence-corrected chi connectivity index (χ2v) is 5.15. The van der Waals surface area contributed by atoms with Crippen molar-refractivity contribution in [2.75, 3.05) is 6.54 Å². The molecule has 0 aliphatic carbocycles. The highest BCUT2D eigenvalue weighted by atomic mass is 16.4. The van der Waals surface area contributed by atoms with Gasteiger partial charge >= 0.3 is 5.97 Å². The van der Waals surface area contributed by atoms with Crippen molar-refractivity contribution < 1.29 is 9.90 Å². The molecule has 0 saturated carbocycles. The summed E-state index contributed by atoms with van der Waals surface area (Å²) in [6.07, 6.45) is 0. The zero-order valence-corrected chi connectivity index (χ0v) is 10.9. The van der Waals surface area contributed by atoms with Crippen molar-refractivity contribution in [3.05, 3.63) is 34.9 Å². The van der Waals surface area contributed by atoms with Gasteiger partial charge < -0.3 is 10.8 Å². The van der Waals surface area contributed by atoms with Crippen LogP contribution in [0, 0.1) is 0 Å². The van der Waals surface area contributed by atoms with E-state index < -0.39 is 11.9 Å². The number of benzene rings is 1. The van der Waals surface area contributed by atoms with Gasteiger partial charge in [-0.2, -0.15) is 0 Å². The Morgan fingerprint density at radius 1 is 1.39 bits per heavy atom. The predicted molar refractivity (Wildman–Crippen MR) is 70.3 cm³/mol. The van der Waals surface area contributed by atoms with Crippen LogP contribution < -0.4 is 5.73 Å². The van der Waals surface area contributed by atoms with Gasteiger partial charge in [0.2, 0.25) is 0 Å². The molecule has 3 N–H and O–H groups in total. The molecule has 1 aromatic rings. The molecule has 0 saturated heterocycles. The number of aliphatic carboxylic acids is 1. The first kappa shape index (κ1) is 13.1. The summed E-state index contributed by atoms with van der Waals surface area (Å²) in [5.74, 6) is -1.44. The summed E-state index contributed by atoms with van der Waals surface area (Å²) >= 11 is 0. The molecule has 1 aromatic carbocycles. The molecule has 2 rings (SSSR count). The molecule has 1 atom stereocenters. The summed E-state index contributed by atoms with van der Waals surface area (Å²) in [5, 5.41) is 9.13. The third-order valence-corrected chi connectivity index (χ3v) is 3.64. The van der Waals surface area contributed by atoms with E-state index in [0.717, 1.165) is 18.7 Å². The molecule has 1 aliphatic rings. The summed E-state index contributed by atoms with van der Waals surface area (Å²) in [7, 11) is 0. The van der Waals surface area contributed by atoms with E-state index in [2.05, 4.69) is 18.7 Å². The van der Waals surface area contributed by atoms with Gasteiger partial charge in [-0.1, -0.05) is 18.2 Å². The fourth-order valence-electron chi connectivity index (χ4n) is 2.40. The second kappa shape index (κ2) is 5.08. The van der Waals surface area contributed by atoms with Crippen molar-refractivity contribution in [1.82, 2.24) is 4.90 Å². The number of carboxylic acid groups (broad SMARTS) is 1. The van der Waals surface area contributed by atoms with E-state index in [-0.39, 0.29) is 6.54 Å². The van der Waals surface area contributed by atoms with E-state index in [4.69, 9.17) is 10.8 Å². The number of carboxylic acids is 1. The van der Waals surface area contributed by atoms with E-state index >= 15 is 0 Å². The molecule has 1 unspecified atom stereocenters. The van der Waals surface area contributed by atoms with Gasteiger partial charge in [0.05, 0.1) is 5.92 Å². The Labute approximate surface area is 107 Å². The maximum Gasteiger partial charge on any atom is 0.312 e. The lowest BCUT2D eigenvalue weighted by atomic mass is 9.96. The van der Waals surface area contributed by atoms with Crippen LogP contribution in [0.2, 0.25) is 0 Å². The van der Waals surface area contributed by atoms with Gasteiger partial charge in [0, 0.05) is 25.7 Å². The lowest BCUT2D eigenvalue weighted by Crippen LogP contribution is -2.24. The van der Waals surface area contributed by atoms with Crippen LogP contribution in [0.1, 0.15) is 36.5 Å². The Morgan fingerprint density at radius 2 is 2.06 bits per heavy atom. The number of hydrogen-bond acceptors (Lipinski definition) is 3. The minimum absolute atomic E-state index is 0.141. The maximum atomic E-state index is 11.1. The van der Waals surface area contributed by atoms with Crippen molar-refractivity contribution in [1.29, 1.82) is 0 Å². The molecular weight excluding hydrogens is 228 g/mol. The molecule has 4 nitrogen and oxygen atoms in total.